The Labute approximate surface area is 230 Å². The number of anilines is 1. The van der Waals surface area contributed by atoms with Crippen LogP contribution >= 0.6 is 0 Å². The Bertz CT molecular complexity index is 1620. The van der Waals surface area contributed by atoms with E-state index in [-0.39, 0.29) is 12.2 Å². The number of aliphatic carboxylic acids is 1. The molecule has 0 bridgehead atoms. The number of allylic oxidation sites excluding steroid dienone is 1. The van der Waals surface area contributed by atoms with Crippen LogP contribution in [0.4, 0.5) is 5.95 Å². The number of benzene rings is 3. The van der Waals surface area contributed by atoms with Crippen LogP contribution in [0.1, 0.15) is 29.2 Å². The number of nitrogens with zero attached hydrogens (tertiary/aromatic N) is 7. The summed E-state index contributed by atoms with van der Waals surface area (Å²) in [6, 6.07) is 28.3. The first-order valence-corrected chi connectivity index (χ1v) is 13.0. The molecule has 6 rings (SSSR count). The average Bonchev–Trinajstić information content (AvgIpc) is 3.69. The molecule has 0 aliphatic carbocycles. The van der Waals surface area contributed by atoms with Crippen molar-refractivity contribution in [3.63, 3.8) is 0 Å². The quantitative estimate of drug-likeness (QED) is 0.280. The van der Waals surface area contributed by atoms with Gasteiger partial charge in [-0.3, -0.25) is 9.58 Å². The maximum atomic E-state index is 13.1. The van der Waals surface area contributed by atoms with Gasteiger partial charge in [-0.1, -0.05) is 84.0 Å². The number of ether oxygens (including phenoxy) is 1. The fraction of sp³-hybridized carbons (Fsp3) is 0.167. The molecule has 5 aromatic rings. The van der Waals surface area contributed by atoms with Crippen LogP contribution in [0.3, 0.4) is 0 Å². The zero-order valence-electron chi connectivity index (χ0n) is 21.6. The molecule has 0 amide bonds. The number of aryl methyl sites for hydroxylation is 1. The zero-order valence-corrected chi connectivity index (χ0v) is 21.6. The van der Waals surface area contributed by atoms with Crippen molar-refractivity contribution in [1.82, 2.24) is 30.0 Å². The largest absolute Gasteiger partial charge is 0.489 e. The van der Waals surface area contributed by atoms with Gasteiger partial charge in [0.15, 0.2) is 0 Å². The van der Waals surface area contributed by atoms with Crippen molar-refractivity contribution in [3.8, 4) is 5.75 Å². The van der Waals surface area contributed by atoms with Crippen molar-refractivity contribution in [2.24, 2.45) is 0 Å². The van der Waals surface area contributed by atoms with Crippen molar-refractivity contribution in [2.75, 3.05) is 4.90 Å². The van der Waals surface area contributed by atoms with E-state index >= 15 is 0 Å². The van der Waals surface area contributed by atoms with E-state index in [1.807, 2.05) is 102 Å². The number of hydrogen-bond donors (Lipinski definition) is 1. The average molecular weight is 534 g/mol. The molecular weight excluding hydrogens is 506 g/mol. The van der Waals surface area contributed by atoms with Gasteiger partial charge < -0.3 is 9.84 Å². The van der Waals surface area contributed by atoms with E-state index in [0.29, 0.717) is 42.4 Å². The molecule has 2 aromatic heterocycles. The third kappa shape index (κ3) is 5.06. The topological polar surface area (TPSA) is 111 Å². The van der Waals surface area contributed by atoms with Crippen molar-refractivity contribution in [3.05, 3.63) is 131 Å². The Morgan fingerprint density at radius 2 is 1.60 bits per heavy atom. The predicted molar refractivity (Wildman–Crippen MR) is 147 cm³/mol. The summed E-state index contributed by atoms with van der Waals surface area (Å²) in [5.41, 5.74) is 3.59. The summed E-state index contributed by atoms with van der Waals surface area (Å²) in [5, 5.41) is 27.6. The molecule has 200 valence electrons. The Kier molecular flexibility index (Phi) is 7.04. The minimum absolute atomic E-state index is 0.193. The van der Waals surface area contributed by atoms with E-state index in [1.54, 1.807) is 15.6 Å². The number of para-hydroxylation sites is 1. The number of aromatic nitrogens is 6. The molecule has 40 heavy (non-hydrogen) atoms. The molecule has 0 radical (unpaired) electrons. The molecule has 1 N–H and O–H groups in total. The monoisotopic (exact) mass is 533 g/mol. The van der Waals surface area contributed by atoms with Gasteiger partial charge in [-0.2, -0.15) is 9.78 Å². The van der Waals surface area contributed by atoms with Gasteiger partial charge in [0.1, 0.15) is 25.1 Å². The van der Waals surface area contributed by atoms with Crippen LogP contribution in [0, 0.1) is 0 Å². The van der Waals surface area contributed by atoms with E-state index in [9.17, 15) is 9.90 Å². The summed E-state index contributed by atoms with van der Waals surface area (Å²) in [6.45, 7) is 0.596. The Balaban J connectivity index is 1.45. The number of carboxylic acid groups (broad SMARTS) is 1. The van der Waals surface area contributed by atoms with Gasteiger partial charge >= 0.3 is 5.97 Å². The minimum atomic E-state index is -1.04. The minimum Gasteiger partial charge on any atom is -0.489 e. The highest BCUT2D eigenvalue weighted by molar-refractivity contribution is 5.91. The fourth-order valence-corrected chi connectivity index (χ4v) is 5.04. The van der Waals surface area contributed by atoms with Gasteiger partial charge in [0.2, 0.25) is 0 Å². The standard InChI is InChI=1S/C30H27N7O3/c38-29(39)27-25(17-16-22-10-3-1-4-11-22)36(21-35-19-9-18-31-35)30-32-33-34-37(30)28(27)24-14-7-8-15-26(24)40-20-23-12-5-2-6-13-23/h1-15,18-19,28H,16-17,20-21H2,(H,38,39). The van der Waals surface area contributed by atoms with Crippen molar-refractivity contribution >= 4 is 11.9 Å². The molecule has 10 heteroatoms. The highest BCUT2D eigenvalue weighted by atomic mass is 16.5. The lowest BCUT2D eigenvalue weighted by Gasteiger charge is -2.36. The highest BCUT2D eigenvalue weighted by Crippen LogP contribution is 2.42. The van der Waals surface area contributed by atoms with Crippen molar-refractivity contribution < 1.29 is 14.6 Å². The lowest BCUT2D eigenvalue weighted by atomic mass is 9.92. The molecule has 1 aliphatic rings. The molecular formula is C30H27N7O3. The van der Waals surface area contributed by atoms with Crippen LogP contribution < -0.4 is 9.64 Å². The molecule has 1 aliphatic heterocycles. The van der Waals surface area contributed by atoms with Gasteiger partial charge in [0.25, 0.3) is 5.95 Å². The van der Waals surface area contributed by atoms with Gasteiger partial charge in [0.05, 0.1) is 5.57 Å². The predicted octanol–water partition coefficient (Wildman–Crippen LogP) is 4.49. The van der Waals surface area contributed by atoms with Crippen molar-refractivity contribution in [2.45, 2.75) is 32.2 Å². The third-order valence-corrected chi connectivity index (χ3v) is 6.89. The number of carbonyl (C=O) groups is 1. The molecule has 1 unspecified atom stereocenters. The maximum absolute atomic E-state index is 13.1. The number of fused-ring (bicyclic) bond motifs is 1. The first-order valence-electron chi connectivity index (χ1n) is 13.0. The van der Waals surface area contributed by atoms with E-state index in [4.69, 9.17) is 4.74 Å². The lowest BCUT2D eigenvalue weighted by molar-refractivity contribution is -0.133. The second-order valence-electron chi connectivity index (χ2n) is 9.40. The van der Waals surface area contributed by atoms with Crippen LogP contribution in [0.25, 0.3) is 0 Å². The SMILES string of the molecule is O=C(O)C1=C(CCc2ccccc2)N(Cn2cccn2)c2nnnn2C1c1ccccc1OCc1ccccc1. The number of tetrazole rings is 1. The van der Waals surface area contributed by atoms with Crippen LogP contribution in [-0.2, 0) is 24.5 Å². The summed E-state index contributed by atoms with van der Waals surface area (Å²) in [7, 11) is 0. The normalized spacial score (nSPS) is 14.7. The van der Waals surface area contributed by atoms with Gasteiger partial charge in [-0.25, -0.2) is 4.79 Å². The highest BCUT2D eigenvalue weighted by Gasteiger charge is 2.40. The summed E-state index contributed by atoms with van der Waals surface area (Å²) in [4.78, 5) is 14.9. The van der Waals surface area contributed by atoms with Crippen LogP contribution in [-0.4, -0.2) is 41.1 Å². The number of rotatable bonds is 10. The van der Waals surface area contributed by atoms with E-state index < -0.39 is 12.0 Å². The lowest BCUT2D eigenvalue weighted by Crippen LogP contribution is -2.38. The first-order chi connectivity index (χ1) is 19.7. The van der Waals surface area contributed by atoms with Gasteiger partial charge in [0, 0.05) is 23.7 Å². The van der Waals surface area contributed by atoms with Gasteiger partial charge in [-0.05, 0) is 46.5 Å². The molecule has 0 fully saturated rings. The Hall–Kier alpha value is -5.25. The summed E-state index contributed by atoms with van der Waals surface area (Å²) < 4.78 is 9.53. The van der Waals surface area contributed by atoms with E-state index in [2.05, 4.69) is 20.6 Å². The summed E-state index contributed by atoms with van der Waals surface area (Å²) in [5.74, 6) is -0.0385. The van der Waals surface area contributed by atoms with Gasteiger partial charge in [-0.15, -0.1) is 0 Å². The number of carboxylic acids is 1. The van der Waals surface area contributed by atoms with E-state index in [0.717, 1.165) is 11.1 Å². The molecule has 3 heterocycles. The van der Waals surface area contributed by atoms with E-state index in [1.165, 1.54) is 0 Å². The Morgan fingerprint density at radius 1 is 0.875 bits per heavy atom. The fourth-order valence-electron chi connectivity index (χ4n) is 5.04. The Morgan fingerprint density at radius 3 is 2.33 bits per heavy atom. The molecule has 1 atom stereocenters. The van der Waals surface area contributed by atoms with Crippen LogP contribution in [0.2, 0.25) is 0 Å². The van der Waals surface area contributed by atoms with Crippen molar-refractivity contribution in [1.29, 1.82) is 0 Å². The molecule has 10 nitrogen and oxygen atoms in total. The van der Waals surface area contributed by atoms with Crippen LogP contribution in [0.15, 0.2) is 115 Å². The zero-order chi connectivity index (χ0) is 27.3. The second kappa shape index (κ2) is 11.2. The second-order valence-corrected chi connectivity index (χ2v) is 9.40. The first kappa shape index (κ1) is 25.1. The third-order valence-electron chi connectivity index (χ3n) is 6.89. The number of hydrogen-bond acceptors (Lipinski definition) is 7. The summed E-state index contributed by atoms with van der Waals surface area (Å²) >= 11 is 0. The molecule has 0 spiro atoms. The molecule has 0 saturated carbocycles. The van der Waals surface area contributed by atoms with Crippen LogP contribution in [0.5, 0.6) is 5.75 Å². The summed E-state index contributed by atoms with van der Waals surface area (Å²) in [6.07, 6.45) is 4.61. The molecule has 3 aromatic carbocycles. The molecule has 0 saturated heterocycles. The maximum Gasteiger partial charge on any atom is 0.335 e. The smallest absolute Gasteiger partial charge is 0.335 e.